The van der Waals surface area contributed by atoms with Gasteiger partial charge in [0, 0.05) is 26.2 Å². The SMILES string of the molecule is CCN(CCO)C(=O)C(=O)N1CCC(C)CC1. The molecular weight excluding hydrogens is 220 g/mol. The number of amides is 2. The smallest absolute Gasteiger partial charge is 0.312 e. The molecule has 98 valence electrons. The van der Waals surface area contributed by atoms with Crippen molar-refractivity contribution >= 4 is 11.8 Å². The highest BCUT2D eigenvalue weighted by atomic mass is 16.3. The standard InChI is InChI=1S/C12H22N2O3/c1-3-13(8-9-15)11(16)12(17)14-6-4-10(2)5-7-14/h10,15H,3-9H2,1-2H3. The van der Waals surface area contributed by atoms with Gasteiger partial charge in [-0.15, -0.1) is 0 Å². The van der Waals surface area contributed by atoms with Crippen LogP contribution in [0.25, 0.3) is 0 Å². The summed E-state index contributed by atoms with van der Waals surface area (Å²) in [4.78, 5) is 26.8. The van der Waals surface area contributed by atoms with Crippen molar-refractivity contribution in [3.05, 3.63) is 0 Å². The highest BCUT2D eigenvalue weighted by Crippen LogP contribution is 2.16. The Morgan fingerprint density at radius 1 is 1.35 bits per heavy atom. The van der Waals surface area contributed by atoms with Crippen LogP contribution in [0.2, 0.25) is 0 Å². The highest BCUT2D eigenvalue weighted by Gasteiger charge is 2.28. The fraction of sp³-hybridized carbons (Fsp3) is 0.833. The normalized spacial score (nSPS) is 17.0. The van der Waals surface area contributed by atoms with E-state index < -0.39 is 11.8 Å². The van der Waals surface area contributed by atoms with Gasteiger partial charge in [-0.2, -0.15) is 0 Å². The molecule has 1 rings (SSSR count). The molecule has 0 bridgehead atoms. The van der Waals surface area contributed by atoms with E-state index in [0.717, 1.165) is 12.8 Å². The van der Waals surface area contributed by atoms with E-state index in [1.165, 1.54) is 4.90 Å². The van der Waals surface area contributed by atoms with Gasteiger partial charge in [-0.05, 0) is 25.7 Å². The van der Waals surface area contributed by atoms with Gasteiger partial charge < -0.3 is 14.9 Å². The summed E-state index contributed by atoms with van der Waals surface area (Å²) in [6.07, 6.45) is 1.93. The lowest BCUT2D eigenvalue weighted by molar-refractivity contribution is -0.152. The molecule has 0 atom stereocenters. The Bertz CT molecular complexity index is 273. The number of aliphatic hydroxyl groups is 1. The third kappa shape index (κ3) is 3.70. The summed E-state index contributed by atoms with van der Waals surface area (Å²) in [6.45, 7) is 5.88. The summed E-state index contributed by atoms with van der Waals surface area (Å²) < 4.78 is 0. The van der Waals surface area contributed by atoms with Crippen LogP contribution in [-0.2, 0) is 9.59 Å². The van der Waals surface area contributed by atoms with E-state index in [0.29, 0.717) is 25.6 Å². The van der Waals surface area contributed by atoms with E-state index in [4.69, 9.17) is 5.11 Å². The number of hydrogen-bond donors (Lipinski definition) is 1. The first-order valence-electron chi connectivity index (χ1n) is 6.29. The number of hydrogen-bond acceptors (Lipinski definition) is 3. The van der Waals surface area contributed by atoms with Crippen LogP contribution in [-0.4, -0.2) is 59.5 Å². The zero-order valence-corrected chi connectivity index (χ0v) is 10.7. The number of likely N-dealkylation sites (N-methyl/N-ethyl adjacent to an activating group) is 1. The number of likely N-dealkylation sites (tertiary alicyclic amines) is 1. The number of nitrogens with zero attached hydrogens (tertiary/aromatic N) is 2. The molecule has 5 heteroatoms. The van der Waals surface area contributed by atoms with Crippen LogP contribution in [0.1, 0.15) is 26.7 Å². The maximum atomic E-state index is 11.9. The van der Waals surface area contributed by atoms with Crippen molar-refractivity contribution < 1.29 is 14.7 Å². The fourth-order valence-corrected chi connectivity index (χ4v) is 2.01. The molecule has 0 unspecified atom stereocenters. The molecule has 0 aromatic carbocycles. The van der Waals surface area contributed by atoms with Gasteiger partial charge in [0.25, 0.3) is 0 Å². The molecule has 1 fully saturated rings. The summed E-state index contributed by atoms with van der Waals surface area (Å²) >= 11 is 0. The summed E-state index contributed by atoms with van der Waals surface area (Å²) in [5.41, 5.74) is 0. The summed E-state index contributed by atoms with van der Waals surface area (Å²) in [5.74, 6) is -0.280. The Morgan fingerprint density at radius 3 is 2.41 bits per heavy atom. The zero-order valence-electron chi connectivity index (χ0n) is 10.7. The molecule has 0 aromatic rings. The van der Waals surface area contributed by atoms with Gasteiger partial charge >= 0.3 is 11.8 Å². The monoisotopic (exact) mass is 242 g/mol. The quantitative estimate of drug-likeness (QED) is 0.713. The second-order valence-corrected chi connectivity index (χ2v) is 4.58. The van der Waals surface area contributed by atoms with Crippen LogP contribution >= 0.6 is 0 Å². The molecule has 1 aliphatic rings. The van der Waals surface area contributed by atoms with Crippen molar-refractivity contribution in [3.63, 3.8) is 0 Å². The van der Waals surface area contributed by atoms with Gasteiger partial charge in [0.15, 0.2) is 0 Å². The summed E-state index contributed by atoms with van der Waals surface area (Å²) in [7, 11) is 0. The molecule has 1 heterocycles. The maximum absolute atomic E-state index is 11.9. The predicted octanol–water partition coefficient (Wildman–Crippen LogP) is 0.0857. The molecule has 1 aliphatic heterocycles. The second-order valence-electron chi connectivity index (χ2n) is 4.58. The maximum Gasteiger partial charge on any atom is 0.312 e. The molecule has 0 spiro atoms. The van der Waals surface area contributed by atoms with Gasteiger partial charge in [0.2, 0.25) is 0 Å². The topological polar surface area (TPSA) is 60.9 Å². The predicted molar refractivity (Wildman–Crippen MR) is 64.3 cm³/mol. The number of carbonyl (C=O) groups is 2. The van der Waals surface area contributed by atoms with Gasteiger partial charge in [-0.1, -0.05) is 6.92 Å². The average molecular weight is 242 g/mol. The van der Waals surface area contributed by atoms with Crippen molar-refractivity contribution in [2.24, 2.45) is 5.92 Å². The Hall–Kier alpha value is -1.10. The minimum atomic E-state index is -0.490. The van der Waals surface area contributed by atoms with Crippen molar-refractivity contribution in [1.29, 1.82) is 0 Å². The fourth-order valence-electron chi connectivity index (χ4n) is 2.01. The third-order valence-electron chi connectivity index (χ3n) is 3.29. The lowest BCUT2D eigenvalue weighted by Crippen LogP contribution is -2.48. The van der Waals surface area contributed by atoms with Crippen LogP contribution in [0.15, 0.2) is 0 Å². The van der Waals surface area contributed by atoms with Crippen molar-refractivity contribution in [2.45, 2.75) is 26.7 Å². The van der Waals surface area contributed by atoms with E-state index in [-0.39, 0.29) is 13.2 Å². The first-order chi connectivity index (χ1) is 8.10. The number of piperidine rings is 1. The zero-order chi connectivity index (χ0) is 12.8. The summed E-state index contributed by atoms with van der Waals surface area (Å²) in [6, 6.07) is 0. The minimum Gasteiger partial charge on any atom is -0.395 e. The number of carbonyl (C=O) groups excluding carboxylic acids is 2. The van der Waals surface area contributed by atoms with Crippen molar-refractivity contribution in [2.75, 3.05) is 32.8 Å². The largest absolute Gasteiger partial charge is 0.395 e. The lowest BCUT2D eigenvalue weighted by Gasteiger charge is -2.31. The lowest BCUT2D eigenvalue weighted by atomic mass is 9.99. The number of aliphatic hydroxyl groups excluding tert-OH is 1. The van der Waals surface area contributed by atoms with Gasteiger partial charge in [-0.25, -0.2) is 0 Å². The Kier molecular flexibility index (Phi) is 5.41. The van der Waals surface area contributed by atoms with Crippen molar-refractivity contribution in [1.82, 2.24) is 9.80 Å². The Morgan fingerprint density at radius 2 is 1.94 bits per heavy atom. The van der Waals surface area contributed by atoms with Gasteiger partial charge in [-0.3, -0.25) is 9.59 Å². The van der Waals surface area contributed by atoms with E-state index >= 15 is 0 Å². The average Bonchev–Trinajstić information content (AvgIpc) is 2.35. The first kappa shape index (κ1) is 14.0. The molecule has 0 saturated carbocycles. The van der Waals surface area contributed by atoms with Crippen LogP contribution in [0.5, 0.6) is 0 Å². The van der Waals surface area contributed by atoms with Gasteiger partial charge in [0.1, 0.15) is 0 Å². The molecular formula is C12H22N2O3. The highest BCUT2D eigenvalue weighted by molar-refractivity contribution is 6.34. The summed E-state index contributed by atoms with van der Waals surface area (Å²) in [5, 5.41) is 8.82. The first-order valence-corrected chi connectivity index (χ1v) is 6.29. The van der Waals surface area contributed by atoms with Crippen LogP contribution in [0.4, 0.5) is 0 Å². The van der Waals surface area contributed by atoms with Crippen LogP contribution in [0.3, 0.4) is 0 Å². The Balaban J connectivity index is 2.53. The molecule has 17 heavy (non-hydrogen) atoms. The second kappa shape index (κ2) is 6.59. The van der Waals surface area contributed by atoms with E-state index in [1.807, 2.05) is 0 Å². The molecule has 2 amide bonds. The van der Waals surface area contributed by atoms with E-state index in [2.05, 4.69) is 6.92 Å². The Labute approximate surface area is 102 Å². The third-order valence-corrected chi connectivity index (χ3v) is 3.29. The minimum absolute atomic E-state index is 0.107. The molecule has 1 saturated heterocycles. The number of rotatable bonds is 3. The molecule has 0 aromatic heterocycles. The van der Waals surface area contributed by atoms with Crippen LogP contribution < -0.4 is 0 Å². The van der Waals surface area contributed by atoms with E-state index in [1.54, 1.807) is 11.8 Å². The molecule has 0 aliphatic carbocycles. The van der Waals surface area contributed by atoms with E-state index in [9.17, 15) is 9.59 Å². The van der Waals surface area contributed by atoms with Crippen molar-refractivity contribution in [3.8, 4) is 0 Å². The molecule has 5 nitrogen and oxygen atoms in total. The molecule has 1 N–H and O–H groups in total. The van der Waals surface area contributed by atoms with Crippen LogP contribution in [0, 0.1) is 5.92 Å². The molecule has 0 radical (unpaired) electrons. The van der Waals surface area contributed by atoms with Gasteiger partial charge in [0.05, 0.1) is 6.61 Å².